The first-order valence-electron chi connectivity index (χ1n) is 5.85. The molecule has 0 aliphatic rings. The summed E-state index contributed by atoms with van der Waals surface area (Å²) in [5, 5.41) is 7.14. The molecular weight excluding hydrogens is 282 g/mol. The number of nitrogens with two attached hydrogens (primary N) is 1. The minimum atomic E-state index is -0.265. The van der Waals surface area contributed by atoms with Crippen molar-refractivity contribution in [3.8, 4) is 0 Å². The van der Waals surface area contributed by atoms with Gasteiger partial charge in [-0.1, -0.05) is 11.6 Å². The van der Waals surface area contributed by atoms with Crippen molar-refractivity contribution in [3.63, 3.8) is 0 Å². The van der Waals surface area contributed by atoms with E-state index < -0.39 is 0 Å². The highest BCUT2D eigenvalue weighted by Gasteiger charge is 2.09. The van der Waals surface area contributed by atoms with E-state index in [9.17, 15) is 4.79 Å². The molecule has 0 aliphatic heterocycles. The monoisotopic (exact) mass is 295 g/mol. The SMILES string of the molecule is Cn1cnc(CCNC(=O)c2cnc(NN)c(Cl)c2)n1. The molecule has 1 amide bonds. The Morgan fingerprint density at radius 2 is 2.30 bits per heavy atom. The number of aryl methyl sites for hydroxylation is 1. The fourth-order valence-corrected chi connectivity index (χ4v) is 1.78. The summed E-state index contributed by atoms with van der Waals surface area (Å²) in [6.07, 6.45) is 3.56. The molecule has 0 radical (unpaired) electrons. The quantitative estimate of drug-likeness (QED) is 0.534. The van der Waals surface area contributed by atoms with Crippen LogP contribution in [-0.2, 0) is 13.5 Å². The van der Waals surface area contributed by atoms with Crippen molar-refractivity contribution in [2.75, 3.05) is 12.0 Å². The Hall–Kier alpha value is -2.19. The van der Waals surface area contributed by atoms with Crippen LogP contribution in [0.1, 0.15) is 16.2 Å². The molecule has 2 heterocycles. The van der Waals surface area contributed by atoms with Crippen molar-refractivity contribution >= 4 is 23.3 Å². The van der Waals surface area contributed by atoms with Crippen LogP contribution in [0.5, 0.6) is 0 Å². The van der Waals surface area contributed by atoms with Gasteiger partial charge in [0, 0.05) is 26.2 Å². The standard InChI is InChI=1S/C11H14ClN7O/c1-19-6-16-9(18-19)2-3-14-11(20)7-4-8(12)10(17-13)15-5-7/h4-6H,2-3,13H2,1H3,(H,14,20)(H,15,17). The lowest BCUT2D eigenvalue weighted by molar-refractivity contribution is 0.0953. The first-order valence-corrected chi connectivity index (χ1v) is 6.23. The number of amides is 1. The highest BCUT2D eigenvalue weighted by atomic mass is 35.5. The number of hydrazine groups is 1. The molecule has 0 fully saturated rings. The first kappa shape index (κ1) is 14.2. The van der Waals surface area contributed by atoms with Gasteiger partial charge in [-0.15, -0.1) is 0 Å². The van der Waals surface area contributed by atoms with E-state index in [1.54, 1.807) is 18.1 Å². The summed E-state index contributed by atoms with van der Waals surface area (Å²) >= 11 is 5.90. The maximum Gasteiger partial charge on any atom is 0.252 e. The Morgan fingerprint density at radius 3 is 2.90 bits per heavy atom. The highest BCUT2D eigenvalue weighted by molar-refractivity contribution is 6.33. The number of rotatable bonds is 5. The molecule has 2 aromatic rings. The minimum absolute atomic E-state index is 0.265. The van der Waals surface area contributed by atoms with Crippen molar-refractivity contribution in [1.29, 1.82) is 0 Å². The van der Waals surface area contributed by atoms with Crippen LogP contribution in [0.2, 0.25) is 5.02 Å². The van der Waals surface area contributed by atoms with Gasteiger partial charge in [-0.25, -0.2) is 15.8 Å². The number of nitrogens with one attached hydrogen (secondary N) is 2. The lowest BCUT2D eigenvalue weighted by Crippen LogP contribution is -2.26. The third-order valence-corrected chi connectivity index (χ3v) is 2.81. The van der Waals surface area contributed by atoms with Crippen LogP contribution in [0.3, 0.4) is 0 Å². The Labute approximate surface area is 120 Å². The second-order valence-electron chi connectivity index (χ2n) is 4.04. The van der Waals surface area contributed by atoms with Crippen LogP contribution < -0.4 is 16.6 Å². The van der Waals surface area contributed by atoms with Gasteiger partial charge < -0.3 is 10.7 Å². The smallest absolute Gasteiger partial charge is 0.252 e. The van der Waals surface area contributed by atoms with Gasteiger partial charge >= 0.3 is 0 Å². The molecule has 20 heavy (non-hydrogen) atoms. The van der Waals surface area contributed by atoms with Crippen LogP contribution in [0.15, 0.2) is 18.6 Å². The summed E-state index contributed by atoms with van der Waals surface area (Å²) in [5.74, 6) is 5.94. The average Bonchev–Trinajstić information content (AvgIpc) is 2.84. The molecule has 0 saturated heterocycles. The molecule has 8 nitrogen and oxygen atoms in total. The summed E-state index contributed by atoms with van der Waals surface area (Å²) in [7, 11) is 1.79. The van der Waals surface area contributed by atoms with Crippen molar-refractivity contribution < 1.29 is 4.79 Å². The lowest BCUT2D eigenvalue weighted by Gasteiger charge is -2.06. The number of pyridine rings is 1. The van der Waals surface area contributed by atoms with E-state index in [1.165, 1.54) is 12.3 Å². The molecule has 0 unspecified atom stereocenters. The second kappa shape index (κ2) is 6.31. The Bertz CT molecular complexity index is 613. The molecule has 2 rings (SSSR count). The predicted molar refractivity (Wildman–Crippen MR) is 74.1 cm³/mol. The molecule has 0 aromatic carbocycles. The van der Waals surface area contributed by atoms with Crippen LogP contribution in [-0.4, -0.2) is 32.2 Å². The van der Waals surface area contributed by atoms with Crippen molar-refractivity contribution in [2.24, 2.45) is 12.9 Å². The van der Waals surface area contributed by atoms with E-state index in [-0.39, 0.29) is 10.9 Å². The number of nitrogen functional groups attached to an aromatic ring is 1. The summed E-state index contributed by atoms with van der Waals surface area (Å²) in [6, 6.07) is 1.50. The third-order valence-electron chi connectivity index (χ3n) is 2.52. The summed E-state index contributed by atoms with van der Waals surface area (Å²) in [6.45, 7) is 0.428. The zero-order chi connectivity index (χ0) is 14.5. The number of hydrogen-bond donors (Lipinski definition) is 3. The Balaban J connectivity index is 1.90. The van der Waals surface area contributed by atoms with Crippen LogP contribution >= 0.6 is 11.6 Å². The average molecular weight is 296 g/mol. The van der Waals surface area contributed by atoms with Gasteiger partial charge in [0.25, 0.3) is 5.91 Å². The Kier molecular flexibility index (Phi) is 4.49. The van der Waals surface area contributed by atoms with Crippen LogP contribution in [0.4, 0.5) is 5.82 Å². The molecule has 106 valence electrons. The maximum atomic E-state index is 11.9. The van der Waals surface area contributed by atoms with E-state index in [0.717, 1.165) is 0 Å². The van der Waals surface area contributed by atoms with Crippen molar-refractivity contribution in [3.05, 3.63) is 35.0 Å². The van der Waals surface area contributed by atoms with Gasteiger partial charge in [0.2, 0.25) is 0 Å². The predicted octanol–water partition coefficient (Wildman–Crippen LogP) is 0.122. The molecule has 4 N–H and O–H groups in total. The number of carbonyl (C=O) groups is 1. The number of halogens is 1. The van der Waals surface area contributed by atoms with E-state index in [2.05, 4.69) is 25.8 Å². The topological polar surface area (TPSA) is 111 Å². The van der Waals surface area contributed by atoms with E-state index in [4.69, 9.17) is 17.4 Å². The maximum absolute atomic E-state index is 11.9. The number of anilines is 1. The van der Waals surface area contributed by atoms with E-state index in [0.29, 0.717) is 30.2 Å². The van der Waals surface area contributed by atoms with Crippen LogP contribution in [0.25, 0.3) is 0 Å². The largest absolute Gasteiger partial charge is 0.352 e. The first-order chi connectivity index (χ1) is 9.60. The fourth-order valence-electron chi connectivity index (χ4n) is 1.56. The Morgan fingerprint density at radius 1 is 1.50 bits per heavy atom. The normalized spacial score (nSPS) is 10.3. The van der Waals surface area contributed by atoms with Gasteiger partial charge in [0.1, 0.15) is 6.33 Å². The lowest BCUT2D eigenvalue weighted by atomic mass is 10.2. The number of hydrogen-bond acceptors (Lipinski definition) is 6. The third kappa shape index (κ3) is 3.43. The zero-order valence-electron chi connectivity index (χ0n) is 10.8. The number of aromatic nitrogens is 4. The molecule has 9 heteroatoms. The fraction of sp³-hybridized carbons (Fsp3) is 0.273. The van der Waals surface area contributed by atoms with Gasteiger partial charge in [-0.3, -0.25) is 9.48 Å². The minimum Gasteiger partial charge on any atom is -0.352 e. The molecule has 0 bridgehead atoms. The van der Waals surface area contributed by atoms with E-state index >= 15 is 0 Å². The van der Waals surface area contributed by atoms with E-state index in [1.807, 2.05) is 0 Å². The second-order valence-corrected chi connectivity index (χ2v) is 4.45. The molecule has 0 aliphatic carbocycles. The molecule has 0 spiro atoms. The van der Waals surface area contributed by atoms with Crippen molar-refractivity contribution in [2.45, 2.75) is 6.42 Å². The molecule has 2 aromatic heterocycles. The molecule has 0 atom stereocenters. The van der Waals surface area contributed by atoms with Gasteiger partial charge in [-0.05, 0) is 6.07 Å². The van der Waals surface area contributed by atoms with Gasteiger partial charge in [0.15, 0.2) is 11.6 Å². The van der Waals surface area contributed by atoms with Gasteiger partial charge in [0.05, 0.1) is 10.6 Å². The summed E-state index contributed by atoms with van der Waals surface area (Å²) in [4.78, 5) is 19.9. The van der Waals surface area contributed by atoms with Crippen LogP contribution in [0, 0.1) is 0 Å². The molecular formula is C11H14ClN7O. The number of nitrogens with zero attached hydrogens (tertiary/aromatic N) is 4. The van der Waals surface area contributed by atoms with Gasteiger partial charge in [-0.2, -0.15) is 5.10 Å². The molecule has 0 saturated carbocycles. The zero-order valence-corrected chi connectivity index (χ0v) is 11.6. The summed E-state index contributed by atoms with van der Waals surface area (Å²) < 4.78 is 1.61. The summed E-state index contributed by atoms with van der Waals surface area (Å²) in [5.41, 5.74) is 2.70. The number of carbonyl (C=O) groups excluding carboxylic acids is 1. The van der Waals surface area contributed by atoms with Crippen molar-refractivity contribution in [1.82, 2.24) is 25.1 Å². The highest BCUT2D eigenvalue weighted by Crippen LogP contribution is 2.18.